The summed E-state index contributed by atoms with van der Waals surface area (Å²) in [4.78, 5) is 2.21. The zero-order valence-electron chi connectivity index (χ0n) is 7.58. The van der Waals surface area contributed by atoms with Gasteiger partial charge in [0.05, 0.1) is 6.10 Å². The van der Waals surface area contributed by atoms with E-state index in [1.807, 2.05) is 0 Å². The fourth-order valence-corrected chi connectivity index (χ4v) is 1.94. The number of nitrogens with zero attached hydrogens (tertiary/aromatic N) is 1. The van der Waals surface area contributed by atoms with Gasteiger partial charge in [0, 0.05) is 6.54 Å². The molecule has 1 saturated carbocycles. The Morgan fingerprint density at radius 2 is 2.09 bits per heavy atom. The molecule has 1 fully saturated rings. The van der Waals surface area contributed by atoms with Gasteiger partial charge < -0.3 is 10.0 Å². The van der Waals surface area contributed by atoms with Gasteiger partial charge in [-0.2, -0.15) is 0 Å². The molecule has 0 aliphatic heterocycles. The number of rotatable bonds is 2. The van der Waals surface area contributed by atoms with E-state index >= 15 is 0 Å². The lowest BCUT2D eigenvalue weighted by Gasteiger charge is -2.27. The second-order valence-electron chi connectivity index (χ2n) is 3.95. The molecule has 2 atom stereocenters. The van der Waals surface area contributed by atoms with E-state index in [-0.39, 0.29) is 6.10 Å². The predicted molar refractivity (Wildman–Crippen MR) is 46.5 cm³/mol. The van der Waals surface area contributed by atoms with Crippen molar-refractivity contribution in [1.29, 1.82) is 0 Å². The molecule has 66 valence electrons. The van der Waals surface area contributed by atoms with Gasteiger partial charge in [0.15, 0.2) is 0 Å². The van der Waals surface area contributed by atoms with Crippen molar-refractivity contribution in [3.8, 4) is 0 Å². The van der Waals surface area contributed by atoms with Crippen molar-refractivity contribution < 1.29 is 5.11 Å². The van der Waals surface area contributed by atoms with Crippen molar-refractivity contribution in [2.75, 3.05) is 20.6 Å². The fraction of sp³-hybridized carbons (Fsp3) is 1.00. The van der Waals surface area contributed by atoms with Gasteiger partial charge in [-0.15, -0.1) is 0 Å². The Morgan fingerprint density at radius 3 is 2.64 bits per heavy atom. The lowest BCUT2D eigenvalue weighted by molar-refractivity contribution is 0.0913. The molecule has 0 radical (unpaired) electrons. The van der Waals surface area contributed by atoms with Crippen LogP contribution in [0.5, 0.6) is 0 Å². The van der Waals surface area contributed by atoms with Crippen LogP contribution in [0.4, 0.5) is 0 Å². The highest BCUT2D eigenvalue weighted by Crippen LogP contribution is 2.24. The first-order valence-electron chi connectivity index (χ1n) is 4.51. The van der Waals surface area contributed by atoms with Crippen LogP contribution >= 0.6 is 0 Å². The molecule has 0 bridgehead atoms. The SMILES string of the molecule is CN(C)C[C@H]1CCC[C@H](O)C1. The number of hydrogen-bond donors (Lipinski definition) is 1. The standard InChI is InChI=1S/C9H19NO/c1-10(2)7-8-4-3-5-9(11)6-8/h8-9,11H,3-7H2,1-2H3/t8-,9-/m0/s1. The monoisotopic (exact) mass is 157 g/mol. The van der Waals surface area contributed by atoms with Crippen LogP contribution in [-0.2, 0) is 0 Å². The molecule has 0 aromatic heterocycles. The Morgan fingerprint density at radius 1 is 1.36 bits per heavy atom. The summed E-state index contributed by atoms with van der Waals surface area (Å²) in [6.07, 6.45) is 4.52. The Bertz CT molecular complexity index is 112. The van der Waals surface area contributed by atoms with Gasteiger partial charge in [-0.25, -0.2) is 0 Å². The molecule has 1 N–H and O–H groups in total. The van der Waals surface area contributed by atoms with E-state index in [1.54, 1.807) is 0 Å². The summed E-state index contributed by atoms with van der Waals surface area (Å²) >= 11 is 0. The average molecular weight is 157 g/mol. The van der Waals surface area contributed by atoms with Gasteiger partial charge in [0.1, 0.15) is 0 Å². The molecule has 0 aromatic rings. The van der Waals surface area contributed by atoms with Gasteiger partial charge in [-0.1, -0.05) is 6.42 Å². The number of hydrogen-bond acceptors (Lipinski definition) is 2. The third-order valence-corrected chi connectivity index (χ3v) is 2.38. The average Bonchev–Trinajstić information content (AvgIpc) is 1.85. The molecule has 0 unspecified atom stereocenters. The topological polar surface area (TPSA) is 23.5 Å². The molecule has 1 aliphatic carbocycles. The predicted octanol–water partition coefficient (Wildman–Crippen LogP) is 1.10. The summed E-state index contributed by atoms with van der Waals surface area (Å²) in [5, 5.41) is 9.37. The first kappa shape index (κ1) is 9.01. The summed E-state index contributed by atoms with van der Waals surface area (Å²) in [5.74, 6) is 0.730. The summed E-state index contributed by atoms with van der Waals surface area (Å²) in [5.41, 5.74) is 0. The maximum absolute atomic E-state index is 9.37. The second kappa shape index (κ2) is 4.07. The van der Waals surface area contributed by atoms with Crippen molar-refractivity contribution in [1.82, 2.24) is 4.90 Å². The molecule has 2 heteroatoms. The molecule has 11 heavy (non-hydrogen) atoms. The van der Waals surface area contributed by atoms with Crippen LogP contribution in [0.15, 0.2) is 0 Å². The van der Waals surface area contributed by atoms with E-state index in [2.05, 4.69) is 19.0 Å². The van der Waals surface area contributed by atoms with Gasteiger partial charge in [0.25, 0.3) is 0 Å². The largest absolute Gasteiger partial charge is 0.393 e. The van der Waals surface area contributed by atoms with Crippen molar-refractivity contribution in [2.24, 2.45) is 5.92 Å². The summed E-state index contributed by atoms with van der Waals surface area (Å²) in [7, 11) is 4.20. The molecular formula is C9H19NO. The molecule has 0 spiro atoms. The van der Waals surface area contributed by atoms with Crippen LogP contribution in [0.2, 0.25) is 0 Å². The summed E-state index contributed by atoms with van der Waals surface area (Å²) < 4.78 is 0. The van der Waals surface area contributed by atoms with Gasteiger partial charge in [0.2, 0.25) is 0 Å². The molecule has 2 nitrogen and oxygen atoms in total. The summed E-state index contributed by atoms with van der Waals surface area (Å²) in [6, 6.07) is 0. The van der Waals surface area contributed by atoms with Crippen molar-refractivity contribution in [3.05, 3.63) is 0 Å². The van der Waals surface area contributed by atoms with Crippen LogP contribution in [0.3, 0.4) is 0 Å². The van der Waals surface area contributed by atoms with E-state index in [9.17, 15) is 5.11 Å². The van der Waals surface area contributed by atoms with Crippen LogP contribution in [-0.4, -0.2) is 36.8 Å². The lowest BCUT2D eigenvalue weighted by atomic mass is 9.87. The Kier molecular flexibility index (Phi) is 3.34. The minimum Gasteiger partial charge on any atom is -0.393 e. The quantitative estimate of drug-likeness (QED) is 0.649. The minimum absolute atomic E-state index is 0.0197. The smallest absolute Gasteiger partial charge is 0.0543 e. The van der Waals surface area contributed by atoms with Crippen molar-refractivity contribution in [3.63, 3.8) is 0 Å². The van der Waals surface area contributed by atoms with E-state index in [0.717, 1.165) is 25.3 Å². The molecule has 0 aromatic carbocycles. The maximum Gasteiger partial charge on any atom is 0.0543 e. The van der Waals surface area contributed by atoms with E-state index in [1.165, 1.54) is 12.8 Å². The number of aliphatic hydroxyl groups excluding tert-OH is 1. The molecule has 1 rings (SSSR count). The van der Waals surface area contributed by atoms with Crippen LogP contribution in [0.25, 0.3) is 0 Å². The fourth-order valence-electron chi connectivity index (χ4n) is 1.94. The van der Waals surface area contributed by atoms with Gasteiger partial charge in [-0.3, -0.25) is 0 Å². The van der Waals surface area contributed by atoms with Crippen LogP contribution in [0.1, 0.15) is 25.7 Å². The Labute approximate surface area is 69.2 Å². The maximum atomic E-state index is 9.37. The molecule has 0 saturated heterocycles. The molecule has 0 amide bonds. The Balaban J connectivity index is 2.23. The Hall–Kier alpha value is -0.0800. The number of aliphatic hydroxyl groups is 1. The molecule has 1 aliphatic rings. The minimum atomic E-state index is -0.0197. The van der Waals surface area contributed by atoms with Crippen molar-refractivity contribution in [2.45, 2.75) is 31.8 Å². The van der Waals surface area contributed by atoms with Gasteiger partial charge >= 0.3 is 0 Å². The molecule has 0 heterocycles. The second-order valence-corrected chi connectivity index (χ2v) is 3.95. The third-order valence-electron chi connectivity index (χ3n) is 2.38. The lowest BCUT2D eigenvalue weighted by Crippen LogP contribution is -2.28. The normalized spacial score (nSPS) is 32.7. The van der Waals surface area contributed by atoms with E-state index in [0.29, 0.717) is 0 Å². The van der Waals surface area contributed by atoms with Crippen LogP contribution in [0, 0.1) is 5.92 Å². The zero-order chi connectivity index (χ0) is 8.27. The molecular weight excluding hydrogens is 138 g/mol. The highest BCUT2D eigenvalue weighted by atomic mass is 16.3. The van der Waals surface area contributed by atoms with Gasteiger partial charge in [-0.05, 0) is 39.3 Å². The third kappa shape index (κ3) is 3.21. The van der Waals surface area contributed by atoms with E-state index in [4.69, 9.17) is 0 Å². The first-order chi connectivity index (χ1) is 5.18. The highest BCUT2D eigenvalue weighted by Gasteiger charge is 2.19. The first-order valence-corrected chi connectivity index (χ1v) is 4.51. The van der Waals surface area contributed by atoms with Crippen LogP contribution < -0.4 is 0 Å². The van der Waals surface area contributed by atoms with Crippen molar-refractivity contribution >= 4 is 0 Å². The highest BCUT2D eigenvalue weighted by molar-refractivity contribution is 4.73. The summed E-state index contributed by atoms with van der Waals surface area (Å²) in [6.45, 7) is 1.14. The zero-order valence-corrected chi connectivity index (χ0v) is 7.58. The van der Waals surface area contributed by atoms with E-state index < -0.39 is 0 Å².